The average molecular weight is 947 g/mol. The van der Waals surface area contributed by atoms with E-state index in [-0.39, 0.29) is 18.5 Å². The van der Waals surface area contributed by atoms with Crippen LogP contribution in [-0.2, 0) is 14.3 Å². The minimum atomic E-state index is -0.682. The number of allylic oxidation sites excluding steroid dienone is 2. The van der Waals surface area contributed by atoms with Crippen molar-refractivity contribution in [1.82, 2.24) is 5.32 Å². The largest absolute Gasteiger partial charge is 0.466 e. The number of ether oxygens (including phenoxy) is 1. The number of carbonyl (C=O) groups is 2. The summed E-state index contributed by atoms with van der Waals surface area (Å²) in [5.74, 6) is -0.0694. The predicted octanol–water partition coefficient (Wildman–Crippen LogP) is 18.9. The van der Waals surface area contributed by atoms with Gasteiger partial charge in [0.25, 0.3) is 0 Å². The molecule has 0 bridgehead atoms. The van der Waals surface area contributed by atoms with E-state index in [4.69, 9.17) is 4.74 Å². The maximum atomic E-state index is 12.5. The van der Waals surface area contributed by atoms with Crippen LogP contribution in [0.1, 0.15) is 341 Å². The SMILES string of the molecule is CCCCCCCCCCCCCCCCCCCCCCCCC(O)C(CO)NC(=O)CCCCC/C=C\CCCCCCCCOC(=O)CCCCCCCCCCCCCCCCC. The van der Waals surface area contributed by atoms with E-state index in [1.54, 1.807) is 0 Å². The van der Waals surface area contributed by atoms with Crippen molar-refractivity contribution in [2.45, 2.75) is 353 Å². The Hall–Kier alpha value is -1.40. The second kappa shape index (κ2) is 57.2. The molecule has 1 amide bonds. The van der Waals surface area contributed by atoms with E-state index in [2.05, 4.69) is 31.3 Å². The maximum Gasteiger partial charge on any atom is 0.305 e. The average Bonchev–Trinajstić information content (AvgIpc) is 3.33. The third-order valence-electron chi connectivity index (χ3n) is 14.3. The molecular weight excluding hydrogens is 827 g/mol. The first-order chi connectivity index (χ1) is 33.0. The number of aliphatic hydroxyl groups excluding tert-OH is 2. The molecule has 2 unspecified atom stereocenters. The van der Waals surface area contributed by atoms with Gasteiger partial charge in [0.2, 0.25) is 5.91 Å². The molecule has 6 heteroatoms. The van der Waals surface area contributed by atoms with Gasteiger partial charge in [-0.25, -0.2) is 0 Å². The fourth-order valence-electron chi connectivity index (χ4n) is 9.64. The highest BCUT2D eigenvalue weighted by molar-refractivity contribution is 5.76. The molecule has 0 aromatic heterocycles. The monoisotopic (exact) mass is 946 g/mol. The zero-order valence-corrected chi connectivity index (χ0v) is 45.4. The molecule has 0 heterocycles. The number of hydrogen-bond donors (Lipinski definition) is 3. The molecule has 6 nitrogen and oxygen atoms in total. The Morgan fingerprint density at radius 3 is 1.07 bits per heavy atom. The molecule has 0 aliphatic heterocycles. The first-order valence-electron chi connectivity index (χ1n) is 30.4. The van der Waals surface area contributed by atoms with E-state index >= 15 is 0 Å². The van der Waals surface area contributed by atoms with Gasteiger partial charge in [-0.05, 0) is 51.4 Å². The molecule has 0 saturated heterocycles. The Morgan fingerprint density at radius 2 is 0.701 bits per heavy atom. The number of rotatable bonds is 57. The number of esters is 1. The fraction of sp³-hybridized carbons (Fsp3) is 0.934. The summed E-state index contributed by atoms with van der Waals surface area (Å²) in [6.45, 7) is 4.94. The predicted molar refractivity (Wildman–Crippen MR) is 292 cm³/mol. The lowest BCUT2D eigenvalue weighted by Gasteiger charge is -2.22. The highest BCUT2D eigenvalue weighted by Gasteiger charge is 2.20. The number of hydrogen-bond acceptors (Lipinski definition) is 5. The Morgan fingerprint density at radius 1 is 0.403 bits per heavy atom. The van der Waals surface area contributed by atoms with Crippen molar-refractivity contribution in [2.75, 3.05) is 13.2 Å². The van der Waals surface area contributed by atoms with Crippen LogP contribution in [0.2, 0.25) is 0 Å². The van der Waals surface area contributed by atoms with E-state index < -0.39 is 12.1 Å². The highest BCUT2D eigenvalue weighted by atomic mass is 16.5. The summed E-state index contributed by atoms with van der Waals surface area (Å²) in [7, 11) is 0. The third-order valence-corrected chi connectivity index (χ3v) is 14.3. The molecule has 2 atom stereocenters. The molecule has 3 N–H and O–H groups in total. The second-order valence-electron chi connectivity index (χ2n) is 21.0. The molecule has 0 rings (SSSR count). The molecule has 0 saturated carbocycles. The maximum absolute atomic E-state index is 12.5. The molecule has 0 fully saturated rings. The van der Waals surface area contributed by atoms with Crippen molar-refractivity contribution >= 4 is 11.9 Å². The Balaban J connectivity index is 3.47. The number of nitrogens with one attached hydrogen (secondary N) is 1. The van der Waals surface area contributed by atoms with Gasteiger partial charge >= 0.3 is 5.97 Å². The van der Waals surface area contributed by atoms with E-state index in [1.165, 1.54) is 238 Å². The smallest absolute Gasteiger partial charge is 0.305 e. The standard InChI is InChI=1S/C61H119NO5/c1-3-5-7-9-11-13-15-17-19-20-21-22-23-24-25-27-29-33-37-41-45-49-53-59(64)58(57-63)62-60(65)54-50-46-42-38-34-30-28-32-36-40-44-48-52-56-67-61(66)55-51-47-43-39-35-31-26-18-16-14-12-10-8-6-4-2/h30,34,58-59,63-64H,3-29,31-33,35-57H2,1-2H3,(H,62,65)/b34-30-. The molecule has 0 aromatic carbocycles. The summed E-state index contributed by atoms with van der Waals surface area (Å²) in [5, 5.41) is 23.3. The first-order valence-corrected chi connectivity index (χ1v) is 30.4. The molecule has 0 radical (unpaired) electrons. The molecular formula is C61H119NO5. The summed E-state index contributed by atoms with van der Waals surface area (Å²) in [6.07, 6.45) is 67.8. The van der Waals surface area contributed by atoms with Crippen LogP contribution in [0.5, 0.6) is 0 Å². The van der Waals surface area contributed by atoms with Crippen molar-refractivity contribution in [3.05, 3.63) is 12.2 Å². The Kier molecular flexibility index (Phi) is 56.0. The topological polar surface area (TPSA) is 95.9 Å². The van der Waals surface area contributed by atoms with Crippen LogP contribution in [-0.4, -0.2) is 47.4 Å². The van der Waals surface area contributed by atoms with Gasteiger partial charge < -0.3 is 20.3 Å². The van der Waals surface area contributed by atoms with Crippen LogP contribution in [0.4, 0.5) is 0 Å². The van der Waals surface area contributed by atoms with Crippen LogP contribution >= 0.6 is 0 Å². The first kappa shape index (κ1) is 65.6. The van der Waals surface area contributed by atoms with Gasteiger partial charge in [-0.15, -0.1) is 0 Å². The lowest BCUT2D eigenvalue weighted by molar-refractivity contribution is -0.143. The van der Waals surface area contributed by atoms with Gasteiger partial charge in [0, 0.05) is 12.8 Å². The van der Waals surface area contributed by atoms with E-state index in [1.807, 2.05) is 0 Å². The molecule has 0 aliphatic carbocycles. The van der Waals surface area contributed by atoms with Gasteiger partial charge in [-0.3, -0.25) is 9.59 Å². The van der Waals surface area contributed by atoms with Crippen molar-refractivity contribution in [2.24, 2.45) is 0 Å². The van der Waals surface area contributed by atoms with E-state index in [0.717, 1.165) is 70.6 Å². The molecule has 0 aromatic rings. The number of aliphatic hydroxyl groups is 2. The molecule has 0 spiro atoms. The lowest BCUT2D eigenvalue weighted by atomic mass is 10.0. The van der Waals surface area contributed by atoms with Crippen LogP contribution in [0.3, 0.4) is 0 Å². The van der Waals surface area contributed by atoms with Crippen LogP contribution in [0.15, 0.2) is 12.2 Å². The van der Waals surface area contributed by atoms with Gasteiger partial charge in [-0.2, -0.15) is 0 Å². The van der Waals surface area contributed by atoms with E-state index in [0.29, 0.717) is 25.9 Å². The van der Waals surface area contributed by atoms with Gasteiger partial charge in [0.15, 0.2) is 0 Å². The Bertz CT molecular complexity index is 1000. The quantitative estimate of drug-likeness (QED) is 0.0321. The third kappa shape index (κ3) is 53.8. The highest BCUT2D eigenvalue weighted by Crippen LogP contribution is 2.18. The summed E-state index contributed by atoms with van der Waals surface area (Å²) in [4.78, 5) is 24.6. The second-order valence-corrected chi connectivity index (χ2v) is 21.0. The van der Waals surface area contributed by atoms with Crippen molar-refractivity contribution < 1.29 is 24.5 Å². The normalized spacial score (nSPS) is 12.6. The zero-order chi connectivity index (χ0) is 48.6. The fourth-order valence-corrected chi connectivity index (χ4v) is 9.64. The summed E-state index contributed by atoms with van der Waals surface area (Å²) in [6, 6.07) is -0.562. The van der Waals surface area contributed by atoms with Crippen molar-refractivity contribution in [1.29, 1.82) is 0 Å². The van der Waals surface area contributed by atoms with Gasteiger partial charge in [-0.1, -0.05) is 289 Å². The zero-order valence-electron chi connectivity index (χ0n) is 45.4. The number of amides is 1. The molecule has 398 valence electrons. The summed E-state index contributed by atoms with van der Waals surface area (Å²) < 4.78 is 5.47. The number of unbranched alkanes of at least 4 members (excludes halogenated alkanes) is 44. The van der Waals surface area contributed by atoms with Crippen LogP contribution in [0, 0.1) is 0 Å². The summed E-state index contributed by atoms with van der Waals surface area (Å²) in [5.41, 5.74) is 0. The van der Waals surface area contributed by atoms with Gasteiger partial charge in [0.1, 0.15) is 0 Å². The molecule has 0 aliphatic rings. The number of carbonyl (C=O) groups excluding carboxylic acids is 2. The van der Waals surface area contributed by atoms with Crippen molar-refractivity contribution in [3.8, 4) is 0 Å². The van der Waals surface area contributed by atoms with Gasteiger partial charge in [0.05, 0.1) is 25.4 Å². The van der Waals surface area contributed by atoms with Crippen molar-refractivity contribution in [3.63, 3.8) is 0 Å². The van der Waals surface area contributed by atoms with Crippen LogP contribution in [0.25, 0.3) is 0 Å². The minimum Gasteiger partial charge on any atom is -0.466 e. The Labute approximate surface area is 419 Å². The van der Waals surface area contributed by atoms with E-state index in [9.17, 15) is 19.8 Å². The molecule has 67 heavy (non-hydrogen) atoms. The summed E-state index contributed by atoms with van der Waals surface area (Å²) >= 11 is 0. The lowest BCUT2D eigenvalue weighted by Crippen LogP contribution is -2.45. The minimum absolute atomic E-state index is 0.00854. The van der Waals surface area contributed by atoms with Crippen LogP contribution < -0.4 is 5.32 Å².